The molecule has 0 amide bonds. The molecule has 0 saturated carbocycles. The first kappa shape index (κ1) is 11.4. The molecule has 0 saturated heterocycles. The zero-order chi connectivity index (χ0) is 10.8. The van der Waals surface area contributed by atoms with Crippen molar-refractivity contribution in [3.8, 4) is 0 Å². The van der Waals surface area contributed by atoms with Gasteiger partial charge in [0.1, 0.15) is 0 Å². The largest absolute Gasteiger partial charge is 0.359 e. The first-order chi connectivity index (χ1) is 6.43. The van der Waals surface area contributed by atoms with Crippen LogP contribution < -0.4 is 5.30 Å². The van der Waals surface area contributed by atoms with Gasteiger partial charge in [-0.25, -0.2) is 0 Å². The van der Waals surface area contributed by atoms with Gasteiger partial charge < -0.3 is 9.42 Å². The molecule has 1 rings (SSSR count). The zero-order valence-electron chi connectivity index (χ0n) is 8.60. The lowest BCUT2D eigenvalue weighted by Crippen LogP contribution is -2.13. The Morgan fingerprint density at radius 1 is 1.36 bits per heavy atom. The van der Waals surface area contributed by atoms with Gasteiger partial charge in [0.15, 0.2) is 0 Å². The maximum Gasteiger partial charge on any atom is 0.359 e. The van der Waals surface area contributed by atoms with Crippen molar-refractivity contribution in [2.24, 2.45) is 0 Å². The topological polar surface area (TPSA) is 46.5 Å². The van der Waals surface area contributed by atoms with Crippen LogP contribution in [-0.4, -0.2) is 11.0 Å². The zero-order valence-corrected chi connectivity index (χ0v) is 9.49. The van der Waals surface area contributed by atoms with Crippen molar-refractivity contribution in [2.75, 3.05) is 0 Å². The molecule has 1 unspecified atom stereocenters. The van der Waals surface area contributed by atoms with Gasteiger partial charge in [-0.1, -0.05) is 18.2 Å². The van der Waals surface area contributed by atoms with Gasteiger partial charge in [0, 0.05) is 0 Å². The van der Waals surface area contributed by atoms with E-state index in [1.807, 2.05) is 6.07 Å². The van der Waals surface area contributed by atoms with E-state index in [-0.39, 0.29) is 6.10 Å². The van der Waals surface area contributed by atoms with E-state index in [2.05, 4.69) is 0 Å². The minimum atomic E-state index is -3.64. The monoisotopic (exact) mass is 214 g/mol. The summed E-state index contributed by atoms with van der Waals surface area (Å²) in [5.74, 6) is 0. The van der Waals surface area contributed by atoms with Crippen molar-refractivity contribution in [3.63, 3.8) is 0 Å². The van der Waals surface area contributed by atoms with Crippen LogP contribution in [0, 0.1) is 6.92 Å². The van der Waals surface area contributed by atoms with E-state index in [1.54, 1.807) is 39.0 Å². The molecular formula is C10H15O3P. The average Bonchev–Trinajstić information content (AvgIpc) is 2.02. The predicted octanol–water partition coefficient (Wildman–Crippen LogP) is 2.23. The Hall–Kier alpha value is -0.630. The minimum absolute atomic E-state index is 0.259. The molecule has 14 heavy (non-hydrogen) atoms. The Morgan fingerprint density at radius 2 is 1.93 bits per heavy atom. The molecular weight excluding hydrogens is 199 g/mol. The lowest BCUT2D eigenvalue weighted by atomic mass is 10.2. The third kappa shape index (κ3) is 2.68. The van der Waals surface area contributed by atoms with E-state index in [4.69, 9.17) is 4.52 Å². The van der Waals surface area contributed by atoms with E-state index < -0.39 is 7.60 Å². The molecule has 0 aliphatic carbocycles. The highest BCUT2D eigenvalue weighted by molar-refractivity contribution is 7.61. The van der Waals surface area contributed by atoms with Crippen molar-refractivity contribution < 1.29 is 14.0 Å². The summed E-state index contributed by atoms with van der Waals surface area (Å²) in [5, 5.41) is 0.383. The second kappa shape index (κ2) is 4.26. The van der Waals surface area contributed by atoms with Crippen LogP contribution in [0.2, 0.25) is 0 Å². The maximum absolute atomic E-state index is 11.8. The highest BCUT2D eigenvalue weighted by Crippen LogP contribution is 2.42. The molecule has 1 atom stereocenters. The Balaban J connectivity index is 3.04. The molecule has 0 aromatic heterocycles. The predicted molar refractivity (Wildman–Crippen MR) is 56.9 cm³/mol. The SMILES string of the molecule is Cc1ccccc1P(=O)(O)OC(C)C. The number of hydrogen-bond donors (Lipinski definition) is 1. The van der Waals surface area contributed by atoms with E-state index in [9.17, 15) is 9.46 Å². The van der Waals surface area contributed by atoms with Crippen molar-refractivity contribution in [1.82, 2.24) is 0 Å². The number of benzene rings is 1. The second-order valence-corrected chi connectivity index (χ2v) is 5.19. The summed E-state index contributed by atoms with van der Waals surface area (Å²) in [5.41, 5.74) is 0.777. The fraction of sp³-hybridized carbons (Fsp3) is 0.400. The van der Waals surface area contributed by atoms with Crippen molar-refractivity contribution >= 4 is 12.9 Å². The van der Waals surface area contributed by atoms with E-state index in [1.165, 1.54) is 0 Å². The van der Waals surface area contributed by atoms with Crippen LogP contribution in [-0.2, 0) is 9.09 Å². The van der Waals surface area contributed by atoms with Gasteiger partial charge in [-0.2, -0.15) is 0 Å². The van der Waals surface area contributed by atoms with Crippen molar-refractivity contribution in [1.29, 1.82) is 0 Å². The molecule has 0 aliphatic rings. The Labute approximate surface area is 84.3 Å². The number of rotatable bonds is 3. The summed E-state index contributed by atoms with van der Waals surface area (Å²) in [7, 11) is -3.64. The van der Waals surface area contributed by atoms with Crippen molar-refractivity contribution in [2.45, 2.75) is 26.9 Å². The summed E-state index contributed by atoms with van der Waals surface area (Å²) in [6.07, 6.45) is -0.259. The summed E-state index contributed by atoms with van der Waals surface area (Å²) in [6.45, 7) is 5.27. The summed E-state index contributed by atoms with van der Waals surface area (Å²) >= 11 is 0. The molecule has 1 aromatic rings. The van der Waals surface area contributed by atoms with Gasteiger partial charge in [-0.3, -0.25) is 4.57 Å². The molecule has 0 spiro atoms. The van der Waals surface area contributed by atoms with Gasteiger partial charge in [-0.05, 0) is 32.4 Å². The lowest BCUT2D eigenvalue weighted by molar-refractivity contribution is 0.212. The lowest BCUT2D eigenvalue weighted by Gasteiger charge is -2.16. The number of aryl methyl sites for hydroxylation is 1. The fourth-order valence-corrected chi connectivity index (χ4v) is 2.70. The van der Waals surface area contributed by atoms with Crippen molar-refractivity contribution in [3.05, 3.63) is 29.8 Å². The maximum atomic E-state index is 11.8. The molecule has 3 nitrogen and oxygen atoms in total. The van der Waals surface area contributed by atoms with Crippen LogP contribution in [0.5, 0.6) is 0 Å². The highest BCUT2D eigenvalue weighted by Gasteiger charge is 2.25. The first-order valence-corrected chi connectivity index (χ1v) is 6.08. The van der Waals surface area contributed by atoms with Crippen LogP contribution in [0.15, 0.2) is 24.3 Å². The average molecular weight is 214 g/mol. The Bertz CT molecular complexity index is 360. The van der Waals surface area contributed by atoms with Crippen LogP contribution in [0.4, 0.5) is 0 Å². The molecule has 0 aliphatic heterocycles. The van der Waals surface area contributed by atoms with E-state index >= 15 is 0 Å². The van der Waals surface area contributed by atoms with Gasteiger partial charge in [-0.15, -0.1) is 0 Å². The second-order valence-electron chi connectivity index (χ2n) is 3.46. The summed E-state index contributed by atoms with van der Waals surface area (Å²) in [4.78, 5) is 9.67. The van der Waals surface area contributed by atoms with E-state index in [0.29, 0.717) is 5.30 Å². The van der Waals surface area contributed by atoms with Gasteiger partial charge in [0.2, 0.25) is 0 Å². The highest BCUT2D eigenvalue weighted by atomic mass is 31.2. The van der Waals surface area contributed by atoms with Crippen LogP contribution in [0.3, 0.4) is 0 Å². The third-order valence-electron chi connectivity index (χ3n) is 1.77. The number of hydrogen-bond acceptors (Lipinski definition) is 2. The quantitative estimate of drug-likeness (QED) is 0.785. The molecule has 78 valence electrons. The molecule has 0 fully saturated rings. The first-order valence-electron chi connectivity index (χ1n) is 4.51. The van der Waals surface area contributed by atoms with E-state index in [0.717, 1.165) is 5.56 Å². The Kier molecular flexibility index (Phi) is 3.48. The molecule has 0 radical (unpaired) electrons. The molecule has 4 heteroatoms. The fourth-order valence-electron chi connectivity index (χ4n) is 1.22. The normalized spacial score (nSPS) is 15.5. The minimum Gasteiger partial charge on any atom is -0.321 e. The smallest absolute Gasteiger partial charge is 0.321 e. The van der Waals surface area contributed by atoms with Crippen LogP contribution in [0.25, 0.3) is 0 Å². The van der Waals surface area contributed by atoms with Crippen LogP contribution >= 0.6 is 7.60 Å². The molecule has 1 N–H and O–H groups in total. The summed E-state index contributed by atoms with van der Waals surface area (Å²) < 4.78 is 16.8. The summed E-state index contributed by atoms with van der Waals surface area (Å²) in [6, 6.07) is 6.98. The Morgan fingerprint density at radius 3 is 2.43 bits per heavy atom. The molecule has 0 heterocycles. The molecule has 1 aromatic carbocycles. The van der Waals surface area contributed by atoms with Gasteiger partial charge in [0.25, 0.3) is 0 Å². The van der Waals surface area contributed by atoms with Crippen LogP contribution in [0.1, 0.15) is 19.4 Å². The third-order valence-corrected chi connectivity index (χ3v) is 3.59. The standard InChI is InChI=1S/C10H15O3P/c1-8(2)13-14(11,12)10-7-5-4-6-9(10)3/h4-8H,1-3H3,(H,11,12). The van der Waals surface area contributed by atoms with Gasteiger partial charge in [0.05, 0.1) is 11.4 Å². The molecule has 0 bridgehead atoms. The van der Waals surface area contributed by atoms with Gasteiger partial charge >= 0.3 is 7.60 Å².